The molecule has 2 heterocycles. The maximum Gasteiger partial charge on any atom is 0.149 e. The first-order chi connectivity index (χ1) is 35.1. The van der Waals surface area contributed by atoms with Crippen LogP contribution < -0.4 is 0 Å². The normalized spacial score (nSPS) is 15.6. The van der Waals surface area contributed by atoms with Crippen LogP contribution in [0.2, 0.25) is 0 Å². The van der Waals surface area contributed by atoms with Crippen molar-refractivity contribution in [3.8, 4) is 78.6 Å². The van der Waals surface area contributed by atoms with Crippen LogP contribution in [0.4, 0.5) is 0 Å². The number of rotatable bonds is 7. The minimum Gasteiger partial charge on any atom is -0.507 e. The molecule has 0 amide bonds. The molecule has 306 valence electrons. The number of nitrogens with zero attached hydrogens (tertiary/aromatic N) is 3. The Morgan fingerprint density at radius 1 is 0.548 bits per heavy atom. The summed E-state index contributed by atoms with van der Waals surface area (Å²) in [5, 5.41) is 11.8. The second-order valence-corrected chi connectivity index (χ2v) is 16.9. The molecule has 0 atom stereocenters. The number of aryl methyl sites for hydroxylation is 2. The fourth-order valence-electron chi connectivity index (χ4n) is 7.99. The van der Waals surface area contributed by atoms with Crippen molar-refractivity contribution in [1.82, 2.24) is 14.5 Å². The summed E-state index contributed by atoms with van der Waals surface area (Å²) in [5.41, 5.74) is 6.28. The number of imidazole rings is 1. The number of hydrogen-bond acceptors (Lipinski definition) is 3. The number of fused-ring (bicyclic) bond motifs is 1. The summed E-state index contributed by atoms with van der Waals surface area (Å²) in [4.78, 5) is 10.2. The van der Waals surface area contributed by atoms with E-state index >= 15 is 0 Å². The lowest BCUT2D eigenvalue weighted by atomic mass is 9.85. The first-order valence-corrected chi connectivity index (χ1v) is 20.5. The predicted molar refractivity (Wildman–Crippen MR) is 260 cm³/mol. The zero-order valence-corrected chi connectivity index (χ0v) is 35.1. The van der Waals surface area contributed by atoms with Gasteiger partial charge in [0, 0.05) is 35.3 Å². The molecule has 0 spiro atoms. The van der Waals surface area contributed by atoms with E-state index < -0.39 is 55.7 Å². The van der Waals surface area contributed by atoms with E-state index in [0.717, 1.165) is 55.7 Å². The molecule has 7 aromatic carbocycles. The minimum atomic E-state index is -3.81. The monoisotopic (exact) mass is 821 g/mol. The topological polar surface area (TPSA) is 50.9 Å². The van der Waals surface area contributed by atoms with Crippen molar-refractivity contribution in [3.63, 3.8) is 0 Å². The number of phenolic OH excluding ortho intramolecular Hbond substituents is 1. The Morgan fingerprint density at radius 2 is 1.21 bits per heavy atom. The van der Waals surface area contributed by atoms with Gasteiger partial charge >= 0.3 is 0 Å². The van der Waals surface area contributed by atoms with E-state index in [4.69, 9.17) is 27.8 Å². The number of pyridine rings is 1. The maximum absolute atomic E-state index is 11.8. The van der Waals surface area contributed by atoms with Crippen molar-refractivity contribution in [1.29, 1.82) is 0 Å². The molecule has 0 bridgehead atoms. The smallest absolute Gasteiger partial charge is 0.149 e. The summed E-state index contributed by atoms with van der Waals surface area (Å²) >= 11 is 0. The molecule has 0 saturated heterocycles. The van der Waals surface area contributed by atoms with Gasteiger partial charge in [0.2, 0.25) is 0 Å². The molecule has 9 aromatic rings. The first-order valence-electron chi connectivity index (χ1n) is 27.0. The molecule has 0 aliphatic rings. The third kappa shape index (κ3) is 7.85. The fourth-order valence-corrected chi connectivity index (χ4v) is 7.99. The Morgan fingerprint density at radius 3 is 1.89 bits per heavy atom. The third-order valence-corrected chi connectivity index (χ3v) is 11.2. The molecule has 2 aromatic heterocycles. The number of aromatic hydroxyl groups is 1. The van der Waals surface area contributed by atoms with Crippen molar-refractivity contribution in [3.05, 3.63) is 192 Å². The number of para-hydroxylation sites is 1. The number of aromatic nitrogens is 3. The first kappa shape index (κ1) is 27.7. The molecule has 0 aliphatic heterocycles. The molecule has 0 aliphatic carbocycles. The highest BCUT2D eigenvalue weighted by Gasteiger charge is 2.24. The molecule has 4 nitrogen and oxygen atoms in total. The van der Waals surface area contributed by atoms with Crippen LogP contribution in [0.5, 0.6) is 5.75 Å². The second-order valence-electron chi connectivity index (χ2n) is 16.9. The standard InChI is InChI=1S/C58H53N3O/c1-37-28-38(2)55(62)51(29-37)56-60-54-50(20-15-21-53(54)61(56)49-34-44(40-18-13-10-14-19-40)33-48(36-49)58(6,7)8)45-30-43(39-16-11-9-12-17-39)31-46(32-45)52-35-42(26-27-59-52)41-22-24-47(25-23-41)57(3,4)5/h9-36,62H,1-8H3/i3D3,4D3,5D3,22D,23D,24D,25D. The van der Waals surface area contributed by atoms with Gasteiger partial charge in [-0.25, -0.2) is 4.98 Å². The average molecular weight is 821 g/mol. The van der Waals surface area contributed by atoms with Crippen molar-refractivity contribution >= 4 is 11.0 Å². The van der Waals surface area contributed by atoms with E-state index in [1.807, 2.05) is 111 Å². The largest absolute Gasteiger partial charge is 0.507 e. The Balaban J connectivity index is 1.29. The maximum atomic E-state index is 11.8. The molecule has 9 rings (SSSR count). The summed E-state index contributed by atoms with van der Waals surface area (Å²) in [7, 11) is 0. The molecule has 0 unspecified atom stereocenters. The van der Waals surface area contributed by atoms with E-state index in [0.29, 0.717) is 33.7 Å². The Kier molecular flexibility index (Phi) is 7.06. The van der Waals surface area contributed by atoms with Crippen molar-refractivity contribution in [2.24, 2.45) is 0 Å². The molecule has 0 saturated carbocycles. The van der Waals surface area contributed by atoms with E-state index in [-0.39, 0.29) is 22.3 Å². The molecule has 62 heavy (non-hydrogen) atoms. The van der Waals surface area contributed by atoms with Crippen LogP contribution in [-0.4, -0.2) is 19.6 Å². The zero-order chi connectivity index (χ0) is 54.3. The average Bonchev–Trinajstić information content (AvgIpc) is 3.76. The van der Waals surface area contributed by atoms with Crippen molar-refractivity contribution in [2.45, 2.75) is 66.0 Å². The van der Waals surface area contributed by atoms with Gasteiger partial charge in [-0.2, -0.15) is 0 Å². The highest BCUT2D eigenvalue weighted by molar-refractivity contribution is 5.98. The van der Waals surface area contributed by atoms with Gasteiger partial charge in [-0.3, -0.25) is 9.55 Å². The second kappa shape index (κ2) is 15.8. The van der Waals surface area contributed by atoms with Crippen LogP contribution in [0, 0.1) is 13.8 Å². The number of phenols is 1. The predicted octanol–water partition coefficient (Wildman–Crippen LogP) is 15.3. The van der Waals surface area contributed by atoms with Crippen LogP contribution in [0.25, 0.3) is 83.9 Å². The molecule has 0 fully saturated rings. The van der Waals surface area contributed by atoms with E-state index in [2.05, 4.69) is 55.7 Å². The summed E-state index contributed by atoms with van der Waals surface area (Å²) in [6.07, 6.45) is 1.43. The molecular formula is C58H53N3O. The highest BCUT2D eigenvalue weighted by atomic mass is 16.3. The van der Waals surface area contributed by atoms with Gasteiger partial charge in [-0.05, 0) is 140 Å². The van der Waals surface area contributed by atoms with Gasteiger partial charge in [-0.1, -0.05) is 150 Å². The van der Waals surface area contributed by atoms with Crippen LogP contribution in [0.3, 0.4) is 0 Å². The van der Waals surface area contributed by atoms with Gasteiger partial charge in [0.25, 0.3) is 0 Å². The summed E-state index contributed by atoms with van der Waals surface area (Å²) in [6, 6.07) is 41.3. The van der Waals surface area contributed by atoms with Gasteiger partial charge in [0.15, 0.2) is 0 Å². The van der Waals surface area contributed by atoms with Crippen LogP contribution in [0.1, 0.15) is 81.4 Å². The lowest BCUT2D eigenvalue weighted by molar-refractivity contribution is 0.472. The molecule has 1 N–H and O–H groups in total. The summed E-state index contributed by atoms with van der Waals surface area (Å²) < 4.78 is 113. The fraction of sp³-hybridized carbons (Fsp3) is 0.172. The molecule has 4 heteroatoms. The number of benzene rings is 7. The van der Waals surface area contributed by atoms with Crippen molar-refractivity contribution in [2.75, 3.05) is 0 Å². The lowest BCUT2D eigenvalue weighted by Gasteiger charge is -2.23. The van der Waals surface area contributed by atoms with E-state index in [1.54, 1.807) is 6.07 Å². The zero-order valence-electron chi connectivity index (χ0n) is 48.1. The highest BCUT2D eigenvalue weighted by Crippen LogP contribution is 2.42. The molecular weight excluding hydrogens is 755 g/mol. The quantitative estimate of drug-likeness (QED) is 0.174. The summed E-state index contributed by atoms with van der Waals surface area (Å²) in [5.74, 6) is 0.635. The third-order valence-electron chi connectivity index (χ3n) is 11.2. The lowest BCUT2D eigenvalue weighted by Crippen LogP contribution is -2.12. The summed E-state index contributed by atoms with van der Waals surface area (Å²) in [6.45, 7) is -1.06. The van der Waals surface area contributed by atoms with Crippen LogP contribution >= 0.6 is 0 Å². The van der Waals surface area contributed by atoms with Gasteiger partial charge in [0.05, 0.1) is 27.8 Å². The minimum absolute atomic E-state index is 0.107. The van der Waals surface area contributed by atoms with E-state index in [1.165, 1.54) is 12.3 Å². The SMILES string of the molecule is [2H]c1c([2H])c(C(C([2H])([2H])[2H])(C([2H])([2H])[2H])C([2H])([2H])[2H])c([2H])c([2H])c1-c1ccnc(-c2cc(-c3ccccc3)cc(-c3cccc4c3nc(-c3cc(C)cc(C)c3O)n4-c3cc(-c4ccccc4)cc(C(C)(C)C)c3)c2)c1. The van der Waals surface area contributed by atoms with Gasteiger partial charge < -0.3 is 5.11 Å². The molecule has 0 radical (unpaired) electrons. The Hall–Kier alpha value is -7.04. The Bertz CT molecular complexity index is 3620. The van der Waals surface area contributed by atoms with Gasteiger partial charge in [-0.15, -0.1) is 0 Å². The van der Waals surface area contributed by atoms with Crippen LogP contribution in [0.15, 0.2) is 170 Å². The van der Waals surface area contributed by atoms with Gasteiger partial charge in [0.1, 0.15) is 11.6 Å². The Labute approximate surface area is 384 Å². The van der Waals surface area contributed by atoms with E-state index in [9.17, 15) is 5.11 Å². The van der Waals surface area contributed by atoms with Crippen LogP contribution in [-0.2, 0) is 10.8 Å². The number of hydrogen-bond donors (Lipinski definition) is 1. The van der Waals surface area contributed by atoms with Crippen molar-refractivity contribution < 1.29 is 22.9 Å².